The van der Waals surface area contributed by atoms with Crippen LogP contribution in [0.25, 0.3) is 0 Å². The molecule has 29 heavy (non-hydrogen) atoms. The van der Waals surface area contributed by atoms with E-state index in [9.17, 15) is 4.39 Å². The van der Waals surface area contributed by atoms with E-state index in [-0.39, 0.29) is 18.3 Å². The lowest BCUT2D eigenvalue weighted by Crippen LogP contribution is -2.14. The number of ether oxygens (including phenoxy) is 2. The fourth-order valence-corrected chi connectivity index (χ4v) is 4.22. The minimum atomic E-state index is -0.279. The van der Waals surface area contributed by atoms with E-state index in [1.165, 1.54) is 28.1 Å². The molecule has 2 N–H and O–H groups in total. The van der Waals surface area contributed by atoms with Crippen LogP contribution in [-0.2, 0) is 18.6 Å². The summed E-state index contributed by atoms with van der Waals surface area (Å²) >= 11 is 1.46. The first kappa shape index (κ1) is 19.6. The van der Waals surface area contributed by atoms with Gasteiger partial charge in [0.1, 0.15) is 23.4 Å². The monoisotopic (exact) mass is 414 g/mol. The van der Waals surface area contributed by atoms with E-state index in [0.717, 1.165) is 23.5 Å². The van der Waals surface area contributed by atoms with E-state index in [1.54, 1.807) is 18.2 Å². The van der Waals surface area contributed by atoms with Crippen molar-refractivity contribution in [1.29, 1.82) is 0 Å². The van der Waals surface area contributed by atoms with Gasteiger partial charge in [-0.05, 0) is 37.6 Å². The Morgan fingerprint density at radius 1 is 1.28 bits per heavy atom. The smallest absolute Gasteiger partial charge is 0.210 e. The highest BCUT2D eigenvalue weighted by atomic mass is 32.2. The number of halogens is 1. The quantitative estimate of drug-likeness (QED) is 0.469. The van der Waals surface area contributed by atoms with E-state index in [0.29, 0.717) is 28.9 Å². The Kier molecular flexibility index (Phi) is 5.62. The standard InChI is InChI=1S/C21H23FN4O2S/c1-3-27-18-9-15-8-13(2)28-19(15)10-16(18)12-29-21-25-24-20(26(21)23)11-14-6-4-5-7-17(14)22/h4-7,9-10,13H,3,8,11-12,23H2,1-2H3/t13-/m0/s1. The van der Waals surface area contributed by atoms with Gasteiger partial charge in [0.15, 0.2) is 5.82 Å². The van der Waals surface area contributed by atoms with E-state index in [4.69, 9.17) is 15.3 Å². The highest BCUT2D eigenvalue weighted by molar-refractivity contribution is 7.98. The van der Waals surface area contributed by atoms with E-state index < -0.39 is 0 Å². The maximum atomic E-state index is 13.9. The molecule has 0 radical (unpaired) electrons. The molecule has 0 amide bonds. The largest absolute Gasteiger partial charge is 0.494 e. The maximum Gasteiger partial charge on any atom is 0.210 e. The molecule has 1 aliphatic rings. The summed E-state index contributed by atoms with van der Waals surface area (Å²) in [6.45, 7) is 4.62. The Hall–Kier alpha value is -2.74. The number of nitrogen functional groups attached to an aromatic ring is 1. The molecule has 3 aromatic rings. The van der Waals surface area contributed by atoms with E-state index >= 15 is 0 Å². The number of thioether (sulfide) groups is 1. The molecule has 0 saturated heterocycles. The van der Waals surface area contributed by atoms with Gasteiger partial charge < -0.3 is 15.3 Å². The summed E-state index contributed by atoms with van der Waals surface area (Å²) in [6.07, 6.45) is 1.35. The molecule has 0 spiro atoms. The van der Waals surface area contributed by atoms with Gasteiger partial charge in [-0.25, -0.2) is 9.07 Å². The van der Waals surface area contributed by atoms with Crippen molar-refractivity contribution < 1.29 is 13.9 Å². The Labute approximate surface area is 173 Å². The third-order valence-corrected chi connectivity index (χ3v) is 5.77. The normalized spacial score (nSPS) is 15.2. The first-order valence-electron chi connectivity index (χ1n) is 9.56. The molecule has 1 atom stereocenters. The summed E-state index contributed by atoms with van der Waals surface area (Å²) in [4.78, 5) is 0. The van der Waals surface area contributed by atoms with Gasteiger partial charge in [-0.2, -0.15) is 0 Å². The molecule has 2 heterocycles. The Bertz CT molecular complexity index is 1020. The molecule has 1 aromatic heterocycles. The second kappa shape index (κ2) is 8.32. The molecule has 0 saturated carbocycles. The van der Waals surface area contributed by atoms with E-state index in [1.807, 2.05) is 13.0 Å². The van der Waals surface area contributed by atoms with Gasteiger partial charge >= 0.3 is 0 Å². The third-order valence-electron chi connectivity index (χ3n) is 4.78. The number of nitrogens with zero attached hydrogens (tertiary/aromatic N) is 3. The van der Waals surface area contributed by atoms with Crippen molar-refractivity contribution in [1.82, 2.24) is 14.9 Å². The van der Waals surface area contributed by atoms with Crippen molar-refractivity contribution in [2.45, 2.75) is 43.7 Å². The number of benzene rings is 2. The van der Waals surface area contributed by atoms with Crippen LogP contribution in [0.3, 0.4) is 0 Å². The van der Waals surface area contributed by atoms with Crippen LogP contribution in [0.2, 0.25) is 0 Å². The Morgan fingerprint density at radius 3 is 2.90 bits per heavy atom. The fourth-order valence-electron chi connectivity index (χ4n) is 3.36. The van der Waals surface area contributed by atoms with Crippen LogP contribution in [0, 0.1) is 5.82 Å². The molecule has 0 bridgehead atoms. The fraction of sp³-hybridized carbons (Fsp3) is 0.333. The highest BCUT2D eigenvalue weighted by Gasteiger charge is 2.22. The molecule has 8 heteroatoms. The van der Waals surface area contributed by atoms with Gasteiger partial charge in [0, 0.05) is 29.7 Å². The van der Waals surface area contributed by atoms with Crippen molar-refractivity contribution in [3.63, 3.8) is 0 Å². The zero-order chi connectivity index (χ0) is 20.4. The molecular weight excluding hydrogens is 391 g/mol. The summed E-state index contributed by atoms with van der Waals surface area (Å²) in [5, 5.41) is 8.87. The van der Waals surface area contributed by atoms with Gasteiger partial charge in [-0.3, -0.25) is 0 Å². The number of nitrogens with two attached hydrogens (primary N) is 1. The first-order valence-corrected chi connectivity index (χ1v) is 10.5. The number of fused-ring (bicyclic) bond motifs is 1. The summed E-state index contributed by atoms with van der Waals surface area (Å²) in [7, 11) is 0. The minimum Gasteiger partial charge on any atom is -0.494 e. The lowest BCUT2D eigenvalue weighted by atomic mass is 10.1. The Balaban J connectivity index is 1.50. The zero-order valence-corrected chi connectivity index (χ0v) is 17.2. The molecule has 1 aliphatic heterocycles. The highest BCUT2D eigenvalue weighted by Crippen LogP contribution is 2.37. The molecule has 152 valence electrons. The average Bonchev–Trinajstić information content (AvgIpc) is 3.23. The van der Waals surface area contributed by atoms with Gasteiger partial charge in [0.05, 0.1) is 6.61 Å². The van der Waals surface area contributed by atoms with Crippen molar-refractivity contribution in [2.24, 2.45) is 0 Å². The lowest BCUT2D eigenvalue weighted by Gasteiger charge is -2.12. The summed E-state index contributed by atoms with van der Waals surface area (Å²) in [5.74, 6) is 8.76. The van der Waals surface area contributed by atoms with Crippen LogP contribution in [0.15, 0.2) is 41.6 Å². The van der Waals surface area contributed by atoms with E-state index in [2.05, 4.69) is 23.2 Å². The number of hydrogen-bond donors (Lipinski definition) is 1. The first-order chi connectivity index (χ1) is 14.0. The Morgan fingerprint density at radius 2 is 2.10 bits per heavy atom. The van der Waals surface area contributed by atoms with Gasteiger partial charge in [0.2, 0.25) is 5.16 Å². The summed E-state index contributed by atoms with van der Waals surface area (Å²) in [6, 6.07) is 10.7. The van der Waals surface area contributed by atoms with Crippen molar-refractivity contribution in [3.8, 4) is 11.5 Å². The molecule has 0 aliphatic carbocycles. The second-order valence-corrected chi connectivity index (χ2v) is 7.90. The van der Waals surface area contributed by atoms with Gasteiger partial charge in [0.25, 0.3) is 0 Å². The molecule has 2 aromatic carbocycles. The molecule has 0 unspecified atom stereocenters. The van der Waals surface area contributed by atoms with Crippen molar-refractivity contribution in [3.05, 3.63) is 64.7 Å². The third kappa shape index (κ3) is 4.17. The van der Waals surface area contributed by atoms with Gasteiger partial charge in [-0.15, -0.1) is 10.2 Å². The molecule has 6 nitrogen and oxygen atoms in total. The van der Waals surface area contributed by atoms with Crippen LogP contribution >= 0.6 is 11.8 Å². The summed E-state index contributed by atoms with van der Waals surface area (Å²) in [5.41, 5.74) is 2.72. The SMILES string of the molecule is CCOc1cc2c(cc1CSc1nnc(Cc3ccccc3F)n1N)O[C@@H](C)C2. The summed E-state index contributed by atoms with van der Waals surface area (Å²) < 4.78 is 27.0. The number of hydrogen-bond acceptors (Lipinski definition) is 6. The van der Waals surface area contributed by atoms with Crippen LogP contribution in [0.1, 0.15) is 36.4 Å². The van der Waals surface area contributed by atoms with Crippen LogP contribution in [-0.4, -0.2) is 27.6 Å². The van der Waals surface area contributed by atoms with Crippen LogP contribution in [0.5, 0.6) is 11.5 Å². The molecule has 0 fully saturated rings. The van der Waals surface area contributed by atoms with Crippen molar-refractivity contribution >= 4 is 11.8 Å². The van der Waals surface area contributed by atoms with Gasteiger partial charge in [-0.1, -0.05) is 30.0 Å². The zero-order valence-electron chi connectivity index (χ0n) is 16.4. The maximum absolute atomic E-state index is 13.9. The molecule has 4 rings (SSSR count). The lowest BCUT2D eigenvalue weighted by molar-refractivity contribution is 0.254. The van der Waals surface area contributed by atoms with Crippen molar-refractivity contribution in [2.75, 3.05) is 12.4 Å². The minimum absolute atomic E-state index is 0.176. The number of rotatable bonds is 7. The predicted molar refractivity (Wildman–Crippen MR) is 110 cm³/mol. The average molecular weight is 415 g/mol. The molecular formula is C21H23FN4O2S. The van der Waals surface area contributed by atoms with Crippen LogP contribution in [0.4, 0.5) is 4.39 Å². The predicted octanol–water partition coefficient (Wildman–Crippen LogP) is 3.74. The van der Waals surface area contributed by atoms with Crippen LogP contribution < -0.4 is 15.3 Å². The second-order valence-electron chi connectivity index (χ2n) is 6.96. The number of aromatic nitrogens is 3. The topological polar surface area (TPSA) is 75.2 Å².